The van der Waals surface area contributed by atoms with Gasteiger partial charge in [0, 0.05) is 12.8 Å². The highest BCUT2D eigenvalue weighted by molar-refractivity contribution is 5.08. The van der Waals surface area contributed by atoms with Gasteiger partial charge in [-0.1, -0.05) is 53.4 Å². The van der Waals surface area contributed by atoms with Crippen molar-refractivity contribution in [2.24, 2.45) is 46.3 Å². The molecule has 0 aromatic carbocycles. The van der Waals surface area contributed by atoms with Gasteiger partial charge in [0.25, 0.3) is 0 Å². The van der Waals surface area contributed by atoms with E-state index in [0.717, 1.165) is 42.4 Å². The van der Waals surface area contributed by atoms with E-state index >= 15 is 0 Å². The third kappa shape index (κ3) is 5.19. The van der Waals surface area contributed by atoms with Crippen molar-refractivity contribution in [3.63, 3.8) is 0 Å². The highest BCUT2D eigenvalue weighted by atomic mass is 19.3. The van der Waals surface area contributed by atoms with Gasteiger partial charge in [-0.15, -0.1) is 0 Å². The lowest BCUT2D eigenvalue weighted by atomic mass is 9.45. The monoisotopic (exact) mass is 467 g/mol. The molecular formula is C30H55F2N. The van der Waals surface area contributed by atoms with E-state index in [0.29, 0.717) is 16.7 Å². The van der Waals surface area contributed by atoms with Crippen molar-refractivity contribution in [2.45, 2.75) is 143 Å². The summed E-state index contributed by atoms with van der Waals surface area (Å²) < 4.78 is 26.9. The molecule has 5 saturated carbocycles. The van der Waals surface area contributed by atoms with Crippen molar-refractivity contribution in [3.8, 4) is 0 Å². The van der Waals surface area contributed by atoms with Crippen LogP contribution in [0.15, 0.2) is 0 Å². The Morgan fingerprint density at radius 1 is 0.667 bits per heavy atom. The summed E-state index contributed by atoms with van der Waals surface area (Å²) >= 11 is 0. The Hall–Kier alpha value is -0.180. The Bertz CT molecular complexity index is 610. The van der Waals surface area contributed by atoms with E-state index in [4.69, 9.17) is 0 Å². The topological polar surface area (TPSA) is 35.0 Å². The standard InChI is InChI=1S/C28H46F2.C2H6.H3N/c1-26-16-4-3-7-21(26)9-11-23-24-12-10-22(27(24,2)17-15-25(23)26)8-5-6-20-13-18-28(29,30)19-14-20;1-2;/h20-25H,3-19H2,1-2H3;1-2H3;1H3. The van der Waals surface area contributed by atoms with E-state index in [1.54, 1.807) is 0 Å². The van der Waals surface area contributed by atoms with Crippen LogP contribution in [0.25, 0.3) is 0 Å². The van der Waals surface area contributed by atoms with E-state index in [2.05, 4.69) is 13.8 Å². The highest BCUT2D eigenvalue weighted by Crippen LogP contribution is 2.68. The molecule has 0 heterocycles. The predicted octanol–water partition coefficient (Wildman–Crippen LogP) is 10.2. The minimum absolute atomic E-state index is 0. The van der Waals surface area contributed by atoms with Crippen LogP contribution < -0.4 is 6.15 Å². The number of alkyl halides is 2. The van der Waals surface area contributed by atoms with Gasteiger partial charge in [-0.05, 0) is 117 Å². The maximum atomic E-state index is 13.4. The number of hydrogen-bond donors (Lipinski definition) is 1. The lowest BCUT2D eigenvalue weighted by Gasteiger charge is -2.60. The number of fused-ring (bicyclic) bond motifs is 5. The van der Waals surface area contributed by atoms with Crippen LogP contribution in [-0.2, 0) is 0 Å². The molecule has 0 saturated heterocycles. The van der Waals surface area contributed by atoms with Crippen molar-refractivity contribution in [3.05, 3.63) is 0 Å². The lowest BCUT2D eigenvalue weighted by Crippen LogP contribution is -2.52. The molecule has 0 aromatic heterocycles. The first kappa shape index (κ1) is 27.4. The second kappa shape index (κ2) is 10.8. The maximum Gasteiger partial charge on any atom is 0.248 e. The molecule has 1 nitrogen and oxygen atoms in total. The number of rotatable bonds is 4. The van der Waals surface area contributed by atoms with E-state index in [-0.39, 0.29) is 19.0 Å². The molecule has 0 spiro atoms. The van der Waals surface area contributed by atoms with Crippen LogP contribution in [0.5, 0.6) is 0 Å². The zero-order valence-electron chi connectivity index (χ0n) is 22.4. The zero-order chi connectivity index (χ0) is 23.0. The average Bonchev–Trinajstić information content (AvgIpc) is 3.12. The number of hydrogen-bond acceptors (Lipinski definition) is 1. The van der Waals surface area contributed by atoms with Gasteiger partial charge in [0.15, 0.2) is 0 Å². The van der Waals surface area contributed by atoms with Crippen LogP contribution >= 0.6 is 0 Å². The van der Waals surface area contributed by atoms with Crippen LogP contribution in [0.2, 0.25) is 0 Å². The van der Waals surface area contributed by atoms with Crippen molar-refractivity contribution in [1.29, 1.82) is 0 Å². The van der Waals surface area contributed by atoms with Crippen LogP contribution in [0.3, 0.4) is 0 Å². The van der Waals surface area contributed by atoms with Gasteiger partial charge in [-0.25, -0.2) is 8.78 Å². The normalized spacial score (nSPS) is 44.4. The predicted molar refractivity (Wildman–Crippen MR) is 137 cm³/mol. The summed E-state index contributed by atoms with van der Waals surface area (Å²) in [4.78, 5) is 0. The molecule has 5 aliphatic carbocycles. The molecule has 3 N–H and O–H groups in total. The zero-order valence-corrected chi connectivity index (χ0v) is 22.4. The Morgan fingerprint density at radius 2 is 1.36 bits per heavy atom. The van der Waals surface area contributed by atoms with Gasteiger partial charge in [-0.2, -0.15) is 0 Å². The lowest BCUT2D eigenvalue weighted by molar-refractivity contribution is -0.111. The van der Waals surface area contributed by atoms with Crippen molar-refractivity contribution in [1.82, 2.24) is 6.15 Å². The largest absolute Gasteiger partial charge is 0.344 e. The molecule has 3 heteroatoms. The first-order chi connectivity index (χ1) is 15.3. The molecule has 0 radical (unpaired) electrons. The molecular weight excluding hydrogens is 412 g/mol. The van der Waals surface area contributed by atoms with Gasteiger partial charge < -0.3 is 6.15 Å². The summed E-state index contributed by atoms with van der Waals surface area (Å²) in [6.45, 7) is 9.36. The summed E-state index contributed by atoms with van der Waals surface area (Å²) in [5, 5.41) is 0. The van der Waals surface area contributed by atoms with Gasteiger partial charge in [-0.3, -0.25) is 0 Å². The maximum absolute atomic E-state index is 13.4. The van der Waals surface area contributed by atoms with Crippen LogP contribution in [-0.4, -0.2) is 5.92 Å². The van der Waals surface area contributed by atoms with E-state index in [1.807, 2.05) is 13.8 Å². The Balaban J connectivity index is 0.000000994. The summed E-state index contributed by atoms with van der Waals surface area (Å²) in [6.07, 6.45) is 20.6. The minimum atomic E-state index is -2.37. The van der Waals surface area contributed by atoms with Crippen molar-refractivity contribution in [2.75, 3.05) is 0 Å². The van der Waals surface area contributed by atoms with E-state index in [1.165, 1.54) is 83.5 Å². The summed E-state index contributed by atoms with van der Waals surface area (Å²) in [6, 6.07) is 0. The average molecular weight is 468 g/mol. The molecule has 0 aromatic rings. The molecule has 194 valence electrons. The fraction of sp³-hybridized carbons (Fsp3) is 1.00. The van der Waals surface area contributed by atoms with Gasteiger partial charge >= 0.3 is 0 Å². The first-order valence-electron chi connectivity index (χ1n) is 14.7. The van der Waals surface area contributed by atoms with Gasteiger partial charge in [0.05, 0.1) is 0 Å². The molecule has 33 heavy (non-hydrogen) atoms. The summed E-state index contributed by atoms with van der Waals surface area (Å²) in [7, 11) is 0. The van der Waals surface area contributed by atoms with Crippen LogP contribution in [0, 0.1) is 46.3 Å². The quantitative estimate of drug-likeness (QED) is 0.438. The molecule has 0 amide bonds. The summed E-state index contributed by atoms with van der Waals surface area (Å²) in [5.74, 6) is 3.14. The third-order valence-electron chi connectivity index (χ3n) is 11.8. The number of halogens is 2. The minimum Gasteiger partial charge on any atom is -0.344 e. The molecule has 5 rings (SSSR count). The van der Waals surface area contributed by atoms with Gasteiger partial charge in [0.2, 0.25) is 5.92 Å². The second-order valence-electron chi connectivity index (χ2n) is 13.0. The smallest absolute Gasteiger partial charge is 0.248 e. The van der Waals surface area contributed by atoms with Crippen LogP contribution in [0.4, 0.5) is 8.78 Å². The molecule has 7 atom stereocenters. The Morgan fingerprint density at radius 3 is 2.09 bits per heavy atom. The van der Waals surface area contributed by atoms with Crippen LogP contribution in [0.1, 0.15) is 137 Å². The molecule has 0 aliphatic heterocycles. The van der Waals surface area contributed by atoms with Gasteiger partial charge in [0.1, 0.15) is 0 Å². The van der Waals surface area contributed by atoms with E-state index in [9.17, 15) is 8.78 Å². The Kier molecular flexibility index (Phi) is 9.00. The highest BCUT2D eigenvalue weighted by Gasteiger charge is 2.59. The second-order valence-corrected chi connectivity index (χ2v) is 13.0. The third-order valence-corrected chi connectivity index (χ3v) is 11.8. The first-order valence-corrected chi connectivity index (χ1v) is 14.7. The summed E-state index contributed by atoms with van der Waals surface area (Å²) in [5.41, 5.74) is 1.24. The fourth-order valence-electron chi connectivity index (χ4n) is 9.92. The van der Waals surface area contributed by atoms with E-state index < -0.39 is 5.92 Å². The fourth-order valence-corrected chi connectivity index (χ4v) is 9.92. The molecule has 0 bridgehead atoms. The van der Waals surface area contributed by atoms with Crippen molar-refractivity contribution < 1.29 is 8.78 Å². The molecule has 7 unspecified atom stereocenters. The Labute approximate surface area is 204 Å². The SMILES string of the molecule is CC.CC12CCCCC1CCC1C2CCC2(C)C(CCCC3CCC(F)(F)CC3)CCC12.N. The molecule has 5 fully saturated rings. The van der Waals surface area contributed by atoms with Crippen molar-refractivity contribution >= 4 is 0 Å². The molecule has 5 aliphatic rings.